The number of nitrogens with zero attached hydrogens (tertiary/aromatic N) is 2. The van der Waals surface area contributed by atoms with Gasteiger partial charge >= 0.3 is 0 Å². The standard InChI is InChI=1S/C16H21N3O3S2/c1-18(10-13-5-3-2-4-6-13)12-19-16(23)22-15(17-19)9-14-7-8-24(20,21)11-14/h2-6,14H,7-12H2,1H3/p+1/t14-/m0/s1. The first kappa shape index (κ1) is 17.3. The van der Waals surface area contributed by atoms with E-state index in [1.54, 1.807) is 4.68 Å². The lowest BCUT2D eigenvalue weighted by molar-refractivity contribution is -0.917. The highest BCUT2D eigenvalue weighted by atomic mass is 32.2. The predicted molar refractivity (Wildman–Crippen MR) is 92.8 cm³/mol. The molecule has 3 rings (SSSR count). The van der Waals surface area contributed by atoms with Crippen molar-refractivity contribution < 1.29 is 17.7 Å². The summed E-state index contributed by atoms with van der Waals surface area (Å²) in [5.74, 6) is 1.12. The van der Waals surface area contributed by atoms with Crippen LogP contribution in [0.5, 0.6) is 0 Å². The summed E-state index contributed by atoms with van der Waals surface area (Å²) < 4.78 is 30.3. The molecular formula is C16H22N3O3S2+. The quantitative estimate of drug-likeness (QED) is 0.766. The van der Waals surface area contributed by atoms with Crippen molar-refractivity contribution >= 4 is 22.1 Å². The number of benzene rings is 1. The Hall–Kier alpha value is -1.51. The van der Waals surface area contributed by atoms with Gasteiger partial charge in [-0.05, 0) is 24.6 Å². The normalized spacial score (nSPS) is 21.0. The first-order chi connectivity index (χ1) is 11.4. The van der Waals surface area contributed by atoms with Gasteiger partial charge in [0.25, 0.3) is 4.84 Å². The first-order valence-corrected chi connectivity index (χ1v) is 10.3. The molecule has 1 saturated heterocycles. The van der Waals surface area contributed by atoms with Crippen molar-refractivity contribution in [2.24, 2.45) is 5.92 Å². The molecule has 1 aliphatic rings. The number of nitrogens with one attached hydrogen (secondary N) is 1. The van der Waals surface area contributed by atoms with Crippen molar-refractivity contribution in [3.63, 3.8) is 0 Å². The Bertz CT molecular complexity index is 843. The van der Waals surface area contributed by atoms with Crippen LogP contribution in [-0.4, -0.2) is 36.8 Å². The zero-order chi connectivity index (χ0) is 17.2. The third-order valence-electron chi connectivity index (χ3n) is 4.21. The molecule has 0 bridgehead atoms. The van der Waals surface area contributed by atoms with Gasteiger partial charge in [0.1, 0.15) is 6.54 Å². The molecule has 1 N–H and O–H groups in total. The SMILES string of the molecule is C[NH+](Cc1ccccc1)Cn1nc(C[C@@H]2CCS(=O)(=O)C2)oc1=S. The van der Waals surface area contributed by atoms with E-state index in [-0.39, 0.29) is 17.4 Å². The van der Waals surface area contributed by atoms with Crippen molar-refractivity contribution in [3.05, 3.63) is 46.6 Å². The summed E-state index contributed by atoms with van der Waals surface area (Å²) in [4.78, 5) is 1.58. The van der Waals surface area contributed by atoms with E-state index in [4.69, 9.17) is 16.6 Å². The molecule has 130 valence electrons. The Morgan fingerprint density at radius 1 is 1.38 bits per heavy atom. The monoisotopic (exact) mass is 368 g/mol. The van der Waals surface area contributed by atoms with Gasteiger partial charge in [0.15, 0.2) is 16.5 Å². The summed E-state index contributed by atoms with van der Waals surface area (Å²) in [5, 5.41) is 4.43. The summed E-state index contributed by atoms with van der Waals surface area (Å²) in [7, 11) is -0.803. The van der Waals surface area contributed by atoms with E-state index >= 15 is 0 Å². The molecular weight excluding hydrogens is 346 g/mol. The van der Waals surface area contributed by atoms with E-state index in [1.807, 2.05) is 18.2 Å². The number of hydrogen-bond donors (Lipinski definition) is 1. The highest BCUT2D eigenvalue weighted by Gasteiger charge is 2.29. The summed E-state index contributed by atoms with van der Waals surface area (Å²) in [6.45, 7) is 1.48. The second kappa shape index (κ2) is 7.16. The summed E-state index contributed by atoms with van der Waals surface area (Å²) >= 11 is 5.24. The van der Waals surface area contributed by atoms with E-state index in [0.29, 0.717) is 30.2 Å². The van der Waals surface area contributed by atoms with Gasteiger partial charge in [-0.15, -0.1) is 5.10 Å². The number of rotatable bonds is 6. The Labute approximate surface area is 147 Å². The van der Waals surface area contributed by atoms with Crippen LogP contribution in [0.3, 0.4) is 0 Å². The van der Waals surface area contributed by atoms with Gasteiger partial charge in [-0.3, -0.25) is 0 Å². The highest BCUT2D eigenvalue weighted by molar-refractivity contribution is 7.91. The average molecular weight is 369 g/mol. The molecule has 0 aliphatic carbocycles. The van der Waals surface area contributed by atoms with Crippen molar-refractivity contribution in [3.8, 4) is 0 Å². The number of quaternary nitrogens is 1. The van der Waals surface area contributed by atoms with Crippen molar-refractivity contribution in [1.29, 1.82) is 0 Å². The Morgan fingerprint density at radius 2 is 2.12 bits per heavy atom. The van der Waals surface area contributed by atoms with Crippen LogP contribution < -0.4 is 4.90 Å². The van der Waals surface area contributed by atoms with Gasteiger partial charge in [0.2, 0.25) is 5.89 Å². The minimum atomic E-state index is -2.88. The van der Waals surface area contributed by atoms with Crippen molar-refractivity contribution in [2.75, 3.05) is 18.6 Å². The van der Waals surface area contributed by atoms with Crippen LogP contribution in [0.25, 0.3) is 0 Å². The lowest BCUT2D eigenvalue weighted by Crippen LogP contribution is -3.07. The lowest BCUT2D eigenvalue weighted by atomic mass is 10.1. The molecule has 2 atom stereocenters. The zero-order valence-electron chi connectivity index (χ0n) is 13.6. The molecule has 1 aromatic carbocycles. The number of hydrogen-bond acceptors (Lipinski definition) is 5. The molecule has 8 heteroatoms. The molecule has 24 heavy (non-hydrogen) atoms. The molecule has 0 spiro atoms. The van der Waals surface area contributed by atoms with Gasteiger partial charge in [-0.2, -0.15) is 4.68 Å². The van der Waals surface area contributed by atoms with E-state index < -0.39 is 9.84 Å². The van der Waals surface area contributed by atoms with E-state index in [9.17, 15) is 8.42 Å². The second-order valence-electron chi connectivity index (χ2n) is 6.51. The minimum absolute atomic E-state index is 0.0888. The van der Waals surface area contributed by atoms with Crippen LogP contribution in [0, 0.1) is 10.8 Å². The van der Waals surface area contributed by atoms with Crippen LogP contribution in [0.15, 0.2) is 34.7 Å². The molecule has 0 saturated carbocycles. The van der Waals surface area contributed by atoms with Crippen molar-refractivity contribution in [1.82, 2.24) is 9.78 Å². The van der Waals surface area contributed by atoms with E-state index in [1.165, 1.54) is 10.5 Å². The first-order valence-electron chi connectivity index (χ1n) is 8.04. The van der Waals surface area contributed by atoms with Crippen LogP contribution in [0.2, 0.25) is 0 Å². The zero-order valence-corrected chi connectivity index (χ0v) is 15.3. The summed E-state index contributed by atoms with van der Waals surface area (Å²) in [6, 6.07) is 10.2. The van der Waals surface area contributed by atoms with E-state index in [0.717, 1.165) is 6.54 Å². The number of sulfone groups is 1. The molecule has 0 amide bonds. The van der Waals surface area contributed by atoms with Crippen molar-refractivity contribution in [2.45, 2.75) is 26.1 Å². The Balaban J connectivity index is 1.61. The van der Waals surface area contributed by atoms with Crippen LogP contribution in [0.4, 0.5) is 0 Å². The van der Waals surface area contributed by atoms with Gasteiger partial charge in [-0.1, -0.05) is 30.3 Å². The molecule has 1 aromatic heterocycles. The largest absolute Gasteiger partial charge is 0.414 e. The molecule has 2 aromatic rings. The van der Waals surface area contributed by atoms with Gasteiger partial charge in [0, 0.05) is 12.0 Å². The highest BCUT2D eigenvalue weighted by Crippen LogP contribution is 2.22. The minimum Gasteiger partial charge on any atom is -0.414 e. The van der Waals surface area contributed by atoms with Gasteiger partial charge < -0.3 is 9.32 Å². The fourth-order valence-electron chi connectivity index (χ4n) is 3.07. The van der Waals surface area contributed by atoms with Crippen LogP contribution in [0.1, 0.15) is 17.9 Å². The Morgan fingerprint density at radius 3 is 2.79 bits per heavy atom. The topological polar surface area (TPSA) is 69.5 Å². The molecule has 1 fully saturated rings. The molecule has 2 heterocycles. The van der Waals surface area contributed by atoms with E-state index in [2.05, 4.69) is 24.3 Å². The number of aromatic nitrogens is 2. The lowest BCUT2D eigenvalue weighted by Gasteiger charge is -2.13. The second-order valence-corrected chi connectivity index (χ2v) is 9.09. The smallest absolute Gasteiger partial charge is 0.291 e. The molecule has 6 nitrogen and oxygen atoms in total. The molecule has 0 radical (unpaired) electrons. The summed E-state index contributed by atoms with van der Waals surface area (Å²) in [6.07, 6.45) is 1.21. The fourth-order valence-corrected chi connectivity index (χ4v) is 5.13. The fraction of sp³-hybridized carbons (Fsp3) is 0.500. The van der Waals surface area contributed by atoms with Crippen LogP contribution in [-0.2, 0) is 29.5 Å². The Kier molecular flexibility index (Phi) is 5.17. The maximum atomic E-state index is 11.5. The third kappa shape index (κ3) is 4.52. The van der Waals surface area contributed by atoms with Gasteiger partial charge in [0.05, 0.1) is 18.6 Å². The average Bonchev–Trinajstić information content (AvgIpc) is 3.02. The van der Waals surface area contributed by atoms with Gasteiger partial charge in [-0.25, -0.2) is 8.42 Å². The summed E-state index contributed by atoms with van der Waals surface area (Å²) in [5.41, 5.74) is 1.25. The molecule has 1 aliphatic heterocycles. The molecule has 1 unspecified atom stereocenters. The maximum absolute atomic E-state index is 11.5. The predicted octanol–water partition coefficient (Wildman–Crippen LogP) is 0.855. The third-order valence-corrected chi connectivity index (χ3v) is 6.34. The van der Waals surface area contributed by atoms with Crippen LogP contribution >= 0.6 is 12.2 Å². The maximum Gasteiger partial charge on any atom is 0.291 e.